The molecule has 1 aromatic rings. The molecule has 0 amide bonds. The molecule has 0 aliphatic carbocycles. The third-order valence-electron chi connectivity index (χ3n) is 2.96. The molecule has 1 aromatic carbocycles. The van der Waals surface area contributed by atoms with Gasteiger partial charge in [0.05, 0.1) is 0 Å². The molecule has 0 aromatic heterocycles. The maximum absolute atomic E-state index is 9.32. The van der Waals surface area contributed by atoms with Crippen LogP contribution in [0.25, 0.3) is 0 Å². The van der Waals surface area contributed by atoms with Gasteiger partial charge in [-0.3, -0.25) is 0 Å². The second kappa shape index (κ2) is 8.09. The van der Waals surface area contributed by atoms with Crippen molar-refractivity contribution < 1.29 is 5.11 Å². The lowest BCUT2D eigenvalue weighted by atomic mass is 10.2. The van der Waals surface area contributed by atoms with Crippen LogP contribution in [-0.4, -0.2) is 36.2 Å². The SMILES string of the molecule is CCN(CC)CCCNCc1cccc(O)c1. The highest BCUT2D eigenvalue weighted by atomic mass is 16.3. The largest absolute Gasteiger partial charge is 0.508 e. The van der Waals surface area contributed by atoms with Crippen LogP contribution in [-0.2, 0) is 6.54 Å². The second-order valence-corrected chi connectivity index (χ2v) is 4.23. The quantitative estimate of drug-likeness (QED) is 0.679. The molecule has 96 valence electrons. The Bertz CT molecular complexity index is 311. The van der Waals surface area contributed by atoms with Crippen LogP contribution in [0.1, 0.15) is 25.8 Å². The number of hydrogen-bond acceptors (Lipinski definition) is 3. The number of nitrogens with one attached hydrogen (secondary N) is 1. The van der Waals surface area contributed by atoms with Crippen LogP contribution in [0.5, 0.6) is 5.75 Å². The Morgan fingerprint density at radius 3 is 2.65 bits per heavy atom. The molecule has 0 aliphatic heterocycles. The smallest absolute Gasteiger partial charge is 0.115 e. The second-order valence-electron chi connectivity index (χ2n) is 4.23. The lowest BCUT2D eigenvalue weighted by Gasteiger charge is -2.17. The topological polar surface area (TPSA) is 35.5 Å². The van der Waals surface area contributed by atoms with Crippen LogP contribution in [0.4, 0.5) is 0 Å². The predicted octanol–water partition coefficient (Wildman–Crippen LogP) is 2.21. The van der Waals surface area contributed by atoms with E-state index in [1.165, 1.54) is 6.42 Å². The molecule has 0 heterocycles. The van der Waals surface area contributed by atoms with Crippen LogP contribution in [0.2, 0.25) is 0 Å². The number of benzene rings is 1. The molecule has 0 aliphatic rings. The molecule has 2 N–H and O–H groups in total. The lowest BCUT2D eigenvalue weighted by molar-refractivity contribution is 0.298. The van der Waals surface area contributed by atoms with Gasteiger partial charge in [-0.2, -0.15) is 0 Å². The van der Waals surface area contributed by atoms with Crippen molar-refractivity contribution in [3.63, 3.8) is 0 Å². The van der Waals surface area contributed by atoms with Gasteiger partial charge in [-0.25, -0.2) is 0 Å². The summed E-state index contributed by atoms with van der Waals surface area (Å²) in [6, 6.07) is 7.40. The number of hydrogen-bond donors (Lipinski definition) is 2. The maximum atomic E-state index is 9.32. The highest BCUT2D eigenvalue weighted by molar-refractivity contribution is 5.26. The zero-order valence-corrected chi connectivity index (χ0v) is 10.9. The Morgan fingerprint density at radius 1 is 1.24 bits per heavy atom. The van der Waals surface area contributed by atoms with Gasteiger partial charge < -0.3 is 15.3 Å². The van der Waals surface area contributed by atoms with Crippen molar-refractivity contribution in [3.8, 4) is 5.75 Å². The minimum atomic E-state index is 0.340. The molecule has 0 atom stereocenters. The standard InChI is InChI=1S/C14H24N2O/c1-3-16(4-2)10-6-9-15-12-13-7-5-8-14(17)11-13/h5,7-8,11,15,17H,3-4,6,9-10,12H2,1-2H3. The molecular weight excluding hydrogens is 212 g/mol. The molecule has 0 saturated carbocycles. The van der Waals surface area contributed by atoms with E-state index in [1.54, 1.807) is 12.1 Å². The van der Waals surface area contributed by atoms with E-state index in [0.717, 1.165) is 38.3 Å². The zero-order valence-electron chi connectivity index (χ0n) is 10.9. The number of rotatable bonds is 8. The first-order chi connectivity index (χ1) is 8.26. The molecule has 0 saturated heterocycles. The Morgan fingerprint density at radius 2 is 2.00 bits per heavy atom. The van der Waals surface area contributed by atoms with Crippen LogP contribution in [0.3, 0.4) is 0 Å². The fourth-order valence-corrected chi connectivity index (χ4v) is 1.87. The van der Waals surface area contributed by atoms with Gasteiger partial charge >= 0.3 is 0 Å². The zero-order chi connectivity index (χ0) is 12.5. The van der Waals surface area contributed by atoms with E-state index in [-0.39, 0.29) is 0 Å². The molecule has 0 bridgehead atoms. The van der Waals surface area contributed by atoms with Crippen LogP contribution < -0.4 is 5.32 Å². The Hall–Kier alpha value is -1.06. The van der Waals surface area contributed by atoms with E-state index >= 15 is 0 Å². The van der Waals surface area contributed by atoms with Gasteiger partial charge in [0, 0.05) is 6.54 Å². The van der Waals surface area contributed by atoms with Gasteiger partial charge in [-0.05, 0) is 50.3 Å². The van der Waals surface area contributed by atoms with Gasteiger partial charge in [0.1, 0.15) is 5.75 Å². The molecular formula is C14H24N2O. The van der Waals surface area contributed by atoms with Gasteiger partial charge in [0.15, 0.2) is 0 Å². The minimum absolute atomic E-state index is 0.340. The number of phenols is 1. The van der Waals surface area contributed by atoms with Crippen LogP contribution >= 0.6 is 0 Å². The van der Waals surface area contributed by atoms with E-state index in [4.69, 9.17) is 0 Å². The Balaban J connectivity index is 2.12. The van der Waals surface area contributed by atoms with Crippen molar-refractivity contribution >= 4 is 0 Å². The first-order valence-electron chi connectivity index (χ1n) is 6.47. The van der Waals surface area contributed by atoms with Gasteiger partial charge in [0.25, 0.3) is 0 Å². The van der Waals surface area contributed by atoms with Crippen LogP contribution in [0, 0.1) is 0 Å². The van der Waals surface area contributed by atoms with E-state index in [9.17, 15) is 5.11 Å². The fourth-order valence-electron chi connectivity index (χ4n) is 1.87. The highest BCUT2D eigenvalue weighted by Gasteiger charge is 1.98. The third-order valence-corrected chi connectivity index (χ3v) is 2.96. The molecule has 0 unspecified atom stereocenters. The summed E-state index contributed by atoms with van der Waals surface area (Å²) >= 11 is 0. The number of aromatic hydroxyl groups is 1. The maximum Gasteiger partial charge on any atom is 0.115 e. The van der Waals surface area contributed by atoms with E-state index in [2.05, 4.69) is 24.1 Å². The van der Waals surface area contributed by atoms with Crippen molar-refractivity contribution in [2.75, 3.05) is 26.2 Å². The van der Waals surface area contributed by atoms with E-state index in [0.29, 0.717) is 5.75 Å². The molecule has 0 fully saturated rings. The van der Waals surface area contributed by atoms with Crippen molar-refractivity contribution in [1.29, 1.82) is 0 Å². The van der Waals surface area contributed by atoms with Crippen molar-refractivity contribution in [1.82, 2.24) is 10.2 Å². The summed E-state index contributed by atoms with van der Waals surface area (Å²) in [6.45, 7) is 9.65. The molecule has 0 spiro atoms. The average Bonchev–Trinajstić information content (AvgIpc) is 2.34. The van der Waals surface area contributed by atoms with Crippen molar-refractivity contribution in [3.05, 3.63) is 29.8 Å². The van der Waals surface area contributed by atoms with E-state index < -0.39 is 0 Å². The number of nitrogens with zero attached hydrogens (tertiary/aromatic N) is 1. The molecule has 17 heavy (non-hydrogen) atoms. The summed E-state index contributed by atoms with van der Waals surface area (Å²) in [4.78, 5) is 2.43. The first kappa shape index (κ1) is 14.0. The van der Waals surface area contributed by atoms with Gasteiger partial charge in [-0.1, -0.05) is 26.0 Å². The lowest BCUT2D eigenvalue weighted by Crippen LogP contribution is -2.27. The summed E-state index contributed by atoms with van der Waals surface area (Å²) in [5, 5.41) is 12.7. The van der Waals surface area contributed by atoms with E-state index in [1.807, 2.05) is 12.1 Å². The molecule has 3 nitrogen and oxygen atoms in total. The van der Waals surface area contributed by atoms with Gasteiger partial charge in [-0.15, -0.1) is 0 Å². The highest BCUT2D eigenvalue weighted by Crippen LogP contribution is 2.10. The number of phenolic OH excluding ortho intramolecular Hbond substituents is 1. The normalized spacial score (nSPS) is 11.0. The summed E-state index contributed by atoms with van der Waals surface area (Å²) in [6.07, 6.45) is 1.17. The van der Waals surface area contributed by atoms with Crippen LogP contribution in [0.15, 0.2) is 24.3 Å². The monoisotopic (exact) mass is 236 g/mol. The minimum Gasteiger partial charge on any atom is -0.508 e. The first-order valence-corrected chi connectivity index (χ1v) is 6.47. The summed E-state index contributed by atoms with van der Waals surface area (Å²) < 4.78 is 0. The van der Waals surface area contributed by atoms with Crippen molar-refractivity contribution in [2.24, 2.45) is 0 Å². The molecule has 0 radical (unpaired) electrons. The molecule has 3 heteroatoms. The van der Waals surface area contributed by atoms with Crippen molar-refractivity contribution in [2.45, 2.75) is 26.8 Å². The predicted molar refractivity (Wildman–Crippen MR) is 72.2 cm³/mol. The Labute approximate surface area is 104 Å². The summed E-state index contributed by atoms with van der Waals surface area (Å²) in [5.74, 6) is 0.340. The summed E-state index contributed by atoms with van der Waals surface area (Å²) in [5.41, 5.74) is 1.13. The average molecular weight is 236 g/mol. The molecule has 1 rings (SSSR count). The fraction of sp³-hybridized carbons (Fsp3) is 0.571. The summed E-state index contributed by atoms with van der Waals surface area (Å²) in [7, 11) is 0. The van der Waals surface area contributed by atoms with Gasteiger partial charge in [0.2, 0.25) is 0 Å². The Kier molecular flexibility index (Phi) is 6.67. The third kappa shape index (κ3) is 5.71.